The van der Waals surface area contributed by atoms with Gasteiger partial charge in [0.05, 0.1) is 12.2 Å². The minimum absolute atomic E-state index is 0.213. The predicted octanol–water partition coefficient (Wildman–Crippen LogP) is 1.67. The van der Waals surface area contributed by atoms with E-state index in [-0.39, 0.29) is 6.10 Å². The summed E-state index contributed by atoms with van der Waals surface area (Å²) in [6.45, 7) is 5.91. The number of nitrogens with zero attached hydrogens (tertiary/aromatic N) is 1. The number of morpholine rings is 1. The summed E-state index contributed by atoms with van der Waals surface area (Å²) in [6.07, 6.45) is 2.88. The van der Waals surface area contributed by atoms with Crippen molar-refractivity contribution in [3.8, 4) is 0 Å². The Balaban J connectivity index is 1.73. The van der Waals surface area contributed by atoms with Gasteiger partial charge in [-0.15, -0.1) is 0 Å². The van der Waals surface area contributed by atoms with Crippen molar-refractivity contribution in [1.82, 2.24) is 4.90 Å². The Morgan fingerprint density at radius 3 is 2.78 bits per heavy atom. The maximum absolute atomic E-state index is 5.76. The summed E-state index contributed by atoms with van der Waals surface area (Å²) in [7, 11) is 0. The second-order valence-corrected chi connectivity index (χ2v) is 5.15. The highest BCUT2D eigenvalue weighted by molar-refractivity contribution is 5.14. The number of benzene rings is 1. The molecular formula is C15H24N2O. The SMILES string of the molecule is CC1CN(CCCc2ccccc2)CC(CN)O1. The molecule has 1 saturated heterocycles. The zero-order valence-corrected chi connectivity index (χ0v) is 11.2. The Labute approximate surface area is 110 Å². The number of nitrogens with two attached hydrogens (primary N) is 1. The number of hydrogen-bond acceptors (Lipinski definition) is 3. The maximum Gasteiger partial charge on any atom is 0.0828 e. The van der Waals surface area contributed by atoms with Gasteiger partial charge in [0.15, 0.2) is 0 Å². The molecule has 2 N–H and O–H groups in total. The fourth-order valence-electron chi connectivity index (χ4n) is 2.60. The second kappa shape index (κ2) is 6.88. The van der Waals surface area contributed by atoms with Crippen LogP contribution in [-0.2, 0) is 11.2 Å². The lowest BCUT2D eigenvalue weighted by Gasteiger charge is -2.36. The Bertz CT molecular complexity index is 342. The van der Waals surface area contributed by atoms with Crippen LogP contribution < -0.4 is 5.73 Å². The summed E-state index contributed by atoms with van der Waals surface area (Å²) in [6, 6.07) is 10.7. The van der Waals surface area contributed by atoms with Gasteiger partial charge in [-0.2, -0.15) is 0 Å². The van der Waals surface area contributed by atoms with E-state index in [2.05, 4.69) is 42.2 Å². The quantitative estimate of drug-likeness (QED) is 0.861. The molecule has 0 radical (unpaired) electrons. The van der Waals surface area contributed by atoms with Gasteiger partial charge in [-0.05, 0) is 31.9 Å². The van der Waals surface area contributed by atoms with E-state index in [0.717, 1.165) is 26.1 Å². The van der Waals surface area contributed by atoms with Gasteiger partial charge in [-0.25, -0.2) is 0 Å². The first-order valence-electron chi connectivity index (χ1n) is 6.89. The molecule has 2 unspecified atom stereocenters. The van der Waals surface area contributed by atoms with E-state index in [1.807, 2.05) is 0 Å². The average molecular weight is 248 g/mol. The van der Waals surface area contributed by atoms with Crippen LogP contribution in [0, 0.1) is 0 Å². The highest BCUT2D eigenvalue weighted by Crippen LogP contribution is 2.11. The summed E-state index contributed by atoms with van der Waals surface area (Å²) in [4.78, 5) is 2.48. The van der Waals surface area contributed by atoms with Gasteiger partial charge in [0.2, 0.25) is 0 Å². The van der Waals surface area contributed by atoms with E-state index in [1.54, 1.807) is 0 Å². The molecule has 3 heteroatoms. The second-order valence-electron chi connectivity index (χ2n) is 5.15. The molecule has 2 rings (SSSR count). The van der Waals surface area contributed by atoms with Crippen molar-refractivity contribution in [3.05, 3.63) is 35.9 Å². The monoisotopic (exact) mass is 248 g/mol. The van der Waals surface area contributed by atoms with Crippen LogP contribution in [0.2, 0.25) is 0 Å². The third kappa shape index (κ3) is 4.09. The van der Waals surface area contributed by atoms with Gasteiger partial charge in [0, 0.05) is 19.6 Å². The van der Waals surface area contributed by atoms with Crippen molar-refractivity contribution in [1.29, 1.82) is 0 Å². The minimum atomic E-state index is 0.213. The highest BCUT2D eigenvalue weighted by atomic mass is 16.5. The maximum atomic E-state index is 5.76. The summed E-state index contributed by atoms with van der Waals surface area (Å²) in [5, 5.41) is 0. The van der Waals surface area contributed by atoms with Crippen molar-refractivity contribution >= 4 is 0 Å². The molecule has 0 amide bonds. The lowest BCUT2D eigenvalue weighted by Crippen LogP contribution is -2.49. The predicted molar refractivity (Wildman–Crippen MR) is 74.6 cm³/mol. The van der Waals surface area contributed by atoms with E-state index in [1.165, 1.54) is 12.0 Å². The Morgan fingerprint density at radius 2 is 2.06 bits per heavy atom. The van der Waals surface area contributed by atoms with Crippen LogP contribution in [0.1, 0.15) is 18.9 Å². The van der Waals surface area contributed by atoms with Crippen molar-refractivity contribution in [2.45, 2.75) is 32.0 Å². The Hall–Kier alpha value is -0.900. The van der Waals surface area contributed by atoms with Gasteiger partial charge in [-0.3, -0.25) is 4.90 Å². The van der Waals surface area contributed by atoms with Crippen molar-refractivity contribution in [3.63, 3.8) is 0 Å². The molecule has 1 fully saturated rings. The van der Waals surface area contributed by atoms with Gasteiger partial charge in [0.1, 0.15) is 0 Å². The molecular weight excluding hydrogens is 224 g/mol. The van der Waals surface area contributed by atoms with E-state index in [9.17, 15) is 0 Å². The van der Waals surface area contributed by atoms with Crippen molar-refractivity contribution < 1.29 is 4.74 Å². The number of hydrogen-bond donors (Lipinski definition) is 1. The van der Waals surface area contributed by atoms with E-state index in [0.29, 0.717) is 12.6 Å². The van der Waals surface area contributed by atoms with Crippen LogP contribution in [0.4, 0.5) is 0 Å². The van der Waals surface area contributed by atoms with E-state index in [4.69, 9.17) is 10.5 Å². The molecule has 1 aromatic carbocycles. The zero-order valence-electron chi connectivity index (χ0n) is 11.2. The van der Waals surface area contributed by atoms with E-state index < -0.39 is 0 Å². The van der Waals surface area contributed by atoms with Crippen LogP contribution in [0.3, 0.4) is 0 Å². The molecule has 100 valence electrons. The largest absolute Gasteiger partial charge is 0.371 e. The Kier molecular flexibility index (Phi) is 5.17. The number of ether oxygens (including phenoxy) is 1. The van der Waals surface area contributed by atoms with Gasteiger partial charge in [0.25, 0.3) is 0 Å². The standard InChI is InChI=1S/C15H24N2O/c1-13-11-17(12-15(10-16)18-13)9-5-8-14-6-3-2-4-7-14/h2-4,6-7,13,15H,5,8-12,16H2,1H3. The fourth-order valence-corrected chi connectivity index (χ4v) is 2.60. The summed E-state index contributed by atoms with van der Waals surface area (Å²) in [5.41, 5.74) is 7.12. The first-order valence-corrected chi connectivity index (χ1v) is 6.89. The molecule has 1 heterocycles. The lowest BCUT2D eigenvalue weighted by atomic mass is 10.1. The van der Waals surface area contributed by atoms with Crippen molar-refractivity contribution in [2.24, 2.45) is 5.73 Å². The normalized spacial score (nSPS) is 25.2. The molecule has 1 aliphatic rings. The minimum Gasteiger partial charge on any atom is -0.371 e. The molecule has 0 spiro atoms. The van der Waals surface area contributed by atoms with Gasteiger partial charge in [-0.1, -0.05) is 30.3 Å². The third-order valence-corrected chi connectivity index (χ3v) is 3.45. The summed E-state index contributed by atoms with van der Waals surface area (Å²) < 4.78 is 5.76. The molecule has 3 nitrogen and oxygen atoms in total. The van der Waals surface area contributed by atoms with Gasteiger partial charge >= 0.3 is 0 Å². The van der Waals surface area contributed by atoms with E-state index >= 15 is 0 Å². The molecule has 18 heavy (non-hydrogen) atoms. The van der Waals surface area contributed by atoms with Gasteiger partial charge < -0.3 is 10.5 Å². The first kappa shape index (κ1) is 13.5. The topological polar surface area (TPSA) is 38.5 Å². The van der Waals surface area contributed by atoms with Crippen molar-refractivity contribution in [2.75, 3.05) is 26.2 Å². The van der Waals surface area contributed by atoms with Crippen LogP contribution in [0.5, 0.6) is 0 Å². The zero-order chi connectivity index (χ0) is 12.8. The molecule has 0 bridgehead atoms. The van der Waals surface area contributed by atoms with Crippen LogP contribution in [0.25, 0.3) is 0 Å². The average Bonchev–Trinajstić information content (AvgIpc) is 2.39. The van der Waals surface area contributed by atoms with Crippen LogP contribution >= 0.6 is 0 Å². The lowest BCUT2D eigenvalue weighted by molar-refractivity contribution is -0.0720. The highest BCUT2D eigenvalue weighted by Gasteiger charge is 2.23. The molecule has 0 aromatic heterocycles. The molecule has 1 aromatic rings. The molecule has 2 atom stereocenters. The number of rotatable bonds is 5. The number of aryl methyl sites for hydroxylation is 1. The summed E-state index contributed by atoms with van der Waals surface area (Å²) in [5.74, 6) is 0. The molecule has 0 aliphatic carbocycles. The fraction of sp³-hybridized carbons (Fsp3) is 0.600. The van der Waals surface area contributed by atoms with Crippen LogP contribution in [0.15, 0.2) is 30.3 Å². The molecule has 1 aliphatic heterocycles. The smallest absolute Gasteiger partial charge is 0.0828 e. The third-order valence-electron chi connectivity index (χ3n) is 3.45. The first-order chi connectivity index (χ1) is 8.78. The van der Waals surface area contributed by atoms with Crippen LogP contribution in [-0.4, -0.2) is 43.3 Å². The Morgan fingerprint density at radius 1 is 1.28 bits per heavy atom. The molecule has 0 saturated carbocycles. The summed E-state index contributed by atoms with van der Waals surface area (Å²) >= 11 is 0.